The Hall–Kier alpha value is -0.780. The van der Waals surface area contributed by atoms with E-state index >= 15 is 0 Å². The molecule has 1 fully saturated rings. The maximum Gasteiger partial charge on any atom is 0.392 e. The molecule has 1 saturated carbocycles. The number of rotatable bonds is 4. The second kappa shape index (κ2) is 6.11. The van der Waals surface area contributed by atoms with Crippen LogP contribution in [0.5, 0.6) is 0 Å². The van der Waals surface area contributed by atoms with Gasteiger partial charge in [-0.25, -0.2) is 0 Å². The quantitative estimate of drug-likeness (QED) is 0.832. The van der Waals surface area contributed by atoms with Crippen molar-refractivity contribution in [1.29, 1.82) is 0 Å². The third-order valence-electron chi connectivity index (χ3n) is 3.93. The molecule has 3 atom stereocenters. The zero-order chi connectivity index (χ0) is 14.7. The Morgan fingerprint density at radius 1 is 1.32 bits per heavy atom. The highest BCUT2D eigenvalue weighted by Crippen LogP contribution is 2.41. The first-order valence-electron chi connectivity index (χ1n) is 6.74. The highest BCUT2D eigenvalue weighted by molar-refractivity contribution is 5.79. The van der Waals surface area contributed by atoms with Crippen molar-refractivity contribution in [1.82, 2.24) is 5.32 Å². The highest BCUT2D eigenvalue weighted by atomic mass is 19.4. The number of nitrogens with one attached hydrogen (secondary N) is 1. The zero-order valence-corrected chi connectivity index (χ0v) is 11.4. The normalized spacial score (nSPS) is 27.7. The maximum absolute atomic E-state index is 12.9. The molecule has 1 aliphatic rings. The van der Waals surface area contributed by atoms with Crippen LogP contribution < -0.4 is 5.32 Å². The number of amides is 1. The molecular weight excluding hydrogens is 259 g/mol. The number of hydrogen-bond donors (Lipinski definition) is 2. The fraction of sp³-hybridized carbons (Fsp3) is 0.923. The molecule has 0 aromatic rings. The van der Waals surface area contributed by atoms with Gasteiger partial charge in [-0.15, -0.1) is 0 Å². The summed E-state index contributed by atoms with van der Waals surface area (Å²) in [5, 5.41) is 12.2. The van der Waals surface area contributed by atoms with Gasteiger partial charge in [0, 0.05) is 12.5 Å². The molecule has 3 unspecified atom stereocenters. The van der Waals surface area contributed by atoms with Crippen LogP contribution in [0.1, 0.15) is 46.0 Å². The van der Waals surface area contributed by atoms with E-state index in [0.29, 0.717) is 19.3 Å². The summed E-state index contributed by atoms with van der Waals surface area (Å²) >= 11 is 0. The molecule has 0 radical (unpaired) electrons. The van der Waals surface area contributed by atoms with Crippen LogP contribution in [0.4, 0.5) is 13.2 Å². The lowest BCUT2D eigenvalue weighted by Gasteiger charge is -2.33. The molecule has 0 spiro atoms. The summed E-state index contributed by atoms with van der Waals surface area (Å²) in [6.45, 7) is 3.30. The Balaban J connectivity index is 2.63. The largest absolute Gasteiger partial charge is 0.392 e. The molecule has 1 rings (SSSR count). The van der Waals surface area contributed by atoms with E-state index < -0.39 is 29.5 Å². The van der Waals surface area contributed by atoms with Gasteiger partial charge in [-0.3, -0.25) is 4.79 Å². The SMILES string of the molecule is CCC(C)(O)CNC(=O)C1CCCCC1C(F)(F)F. The van der Waals surface area contributed by atoms with E-state index in [1.807, 2.05) is 0 Å². The van der Waals surface area contributed by atoms with E-state index in [0.717, 1.165) is 0 Å². The van der Waals surface area contributed by atoms with Gasteiger partial charge in [0.1, 0.15) is 0 Å². The molecule has 0 aromatic heterocycles. The van der Waals surface area contributed by atoms with Crippen molar-refractivity contribution < 1.29 is 23.1 Å². The summed E-state index contributed by atoms with van der Waals surface area (Å²) in [5.41, 5.74) is -1.07. The Bertz CT molecular complexity index is 316. The molecular formula is C13H22F3NO2. The summed E-state index contributed by atoms with van der Waals surface area (Å²) in [4.78, 5) is 11.9. The second-order valence-electron chi connectivity index (χ2n) is 5.61. The standard InChI is InChI=1S/C13H22F3NO2/c1-3-12(2,19)8-17-11(18)9-6-4-5-7-10(9)13(14,15)16/h9-10,19H,3-8H2,1-2H3,(H,17,18). The number of hydrogen-bond acceptors (Lipinski definition) is 2. The van der Waals surface area contributed by atoms with E-state index in [-0.39, 0.29) is 19.4 Å². The summed E-state index contributed by atoms with van der Waals surface area (Å²) in [7, 11) is 0. The van der Waals surface area contributed by atoms with Gasteiger partial charge in [-0.2, -0.15) is 13.2 Å². The van der Waals surface area contributed by atoms with Gasteiger partial charge in [-0.05, 0) is 26.2 Å². The first-order valence-corrected chi connectivity index (χ1v) is 6.74. The minimum absolute atomic E-state index is 0.0105. The van der Waals surface area contributed by atoms with Gasteiger partial charge in [0.25, 0.3) is 0 Å². The van der Waals surface area contributed by atoms with Gasteiger partial charge in [-0.1, -0.05) is 19.8 Å². The van der Waals surface area contributed by atoms with Crippen LogP contribution in [0.15, 0.2) is 0 Å². The minimum Gasteiger partial charge on any atom is -0.388 e. The van der Waals surface area contributed by atoms with Crippen molar-refractivity contribution in [2.24, 2.45) is 11.8 Å². The molecule has 0 bridgehead atoms. The molecule has 1 aliphatic carbocycles. The lowest BCUT2D eigenvalue weighted by atomic mass is 9.78. The number of carbonyl (C=O) groups excluding carboxylic acids is 1. The van der Waals surface area contributed by atoms with Gasteiger partial charge in [0.15, 0.2) is 0 Å². The van der Waals surface area contributed by atoms with Crippen molar-refractivity contribution in [2.45, 2.75) is 57.7 Å². The summed E-state index contributed by atoms with van der Waals surface area (Å²) < 4.78 is 38.6. The van der Waals surface area contributed by atoms with Crippen molar-refractivity contribution >= 4 is 5.91 Å². The van der Waals surface area contributed by atoms with E-state index in [2.05, 4.69) is 5.32 Å². The average molecular weight is 281 g/mol. The third kappa shape index (κ3) is 4.67. The number of carbonyl (C=O) groups is 1. The van der Waals surface area contributed by atoms with Crippen LogP contribution in [0.3, 0.4) is 0 Å². The molecule has 0 aliphatic heterocycles. The summed E-state index contributed by atoms with van der Waals surface area (Å²) in [5.74, 6) is -3.15. The number of aliphatic hydroxyl groups is 1. The first kappa shape index (κ1) is 16.3. The van der Waals surface area contributed by atoms with E-state index in [4.69, 9.17) is 0 Å². The fourth-order valence-corrected chi connectivity index (χ4v) is 2.37. The Morgan fingerprint density at radius 3 is 2.42 bits per heavy atom. The van der Waals surface area contributed by atoms with Crippen molar-refractivity contribution in [3.05, 3.63) is 0 Å². The minimum atomic E-state index is -4.32. The molecule has 3 nitrogen and oxygen atoms in total. The Labute approximate surface area is 111 Å². The molecule has 0 aromatic carbocycles. The van der Waals surface area contributed by atoms with Crippen LogP contribution >= 0.6 is 0 Å². The Morgan fingerprint density at radius 2 is 1.89 bits per heavy atom. The molecule has 112 valence electrons. The zero-order valence-electron chi connectivity index (χ0n) is 11.4. The van der Waals surface area contributed by atoms with Crippen molar-refractivity contribution in [3.63, 3.8) is 0 Å². The number of halogens is 3. The van der Waals surface area contributed by atoms with E-state index in [1.165, 1.54) is 0 Å². The van der Waals surface area contributed by atoms with Gasteiger partial charge < -0.3 is 10.4 Å². The molecule has 1 amide bonds. The summed E-state index contributed by atoms with van der Waals surface area (Å²) in [6, 6.07) is 0. The fourth-order valence-electron chi connectivity index (χ4n) is 2.37. The lowest BCUT2D eigenvalue weighted by molar-refractivity contribution is -0.198. The topological polar surface area (TPSA) is 49.3 Å². The monoisotopic (exact) mass is 281 g/mol. The lowest BCUT2D eigenvalue weighted by Crippen LogP contribution is -2.47. The smallest absolute Gasteiger partial charge is 0.388 e. The molecule has 0 saturated heterocycles. The van der Waals surface area contributed by atoms with Gasteiger partial charge in [0.05, 0.1) is 11.5 Å². The van der Waals surface area contributed by atoms with Crippen LogP contribution in [-0.2, 0) is 4.79 Å². The number of alkyl halides is 3. The molecule has 0 heterocycles. The first-order chi connectivity index (χ1) is 8.67. The van der Waals surface area contributed by atoms with E-state index in [9.17, 15) is 23.1 Å². The van der Waals surface area contributed by atoms with Crippen molar-refractivity contribution in [3.8, 4) is 0 Å². The molecule has 19 heavy (non-hydrogen) atoms. The maximum atomic E-state index is 12.9. The summed E-state index contributed by atoms with van der Waals surface area (Å²) in [6.07, 6.45) is -2.44. The predicted octanol–water partition coefficient (Wildman–Crippen LogP) is 2.63. The second-order valence-corrected chi connectivity index (χ2v) is 5.61. The van der Waals surface area contributed by atoms with Crippen LogP contribution in [0.2, 0.25) is 0 Å². The Kier molecular flexibility index (Phi) is 5.24. The molecule has 6 heteroatoms. The predicted molar refractivity (Wildman–Crippen MR) is 65.4 cm³/mol. The van der Waals surface area contributed by atoms with Gasteiger partial charge >= 0.3 is 6.18 Å². The van der Waals surface area contributed by atoms with Crippen LogP contribution in [0, 0.1) is 11.8 Å². The van der Waals surface area contributed by atoms with Crippen LogP contribution in [0.25, 0.3) is 0 Å². The van der Waals surface area contributed by atoms with Gasteiger partial charge in [0.2, 0.25) is 5.91 Å². The van der Waals surface area contributed by atoms with Crippen LogP contribution in [-0.4, -0.2) is 29.3 Å². The molecule has 2 N–H and O–H groups in total. The van der Waals surface area contributed by atoms with Crippen molar-refractivity contribution in [2.75, 3.05) is 6.54 Å². The highest BCUT2D eigenvalue weighted by Gasteiger charge is 2.48. The average Bonchev–Trinajstić information content (AvgIpc) is 2.35. The van der Waals surface area contributed by atoms with E-state index in [1.54, 1.807) is 13.8 Å². The third-order valence-corrected chi connectivity index (χ3v) is 3.93.